The third kappa shape index (κ3) is 3.42. The van der Waals surface area contributed by atoms with E-state index >= 15 is 0 Å². The largest absolute Gasteiger partial charge is 0.291 e. The summed E-state index contributed by atoms with van der Waals surface area (Å²) in [7, 11) is 0. The second-order valence-electron chi connectivity index (χ2n) is 7.15. The van der Waals surface area contributed by atoms with E-state index in [2.05, 4.69) is 31.5 Å². The summed E-state index contributed by atoms with van der Waals surface area (Å²) in [6.45, 7) is 0. The normalized spacial score (nSPS) is 12.5. The number of fused-ring (bicyclic) bond motifs is 5. The van der Waals surface area contributed by atoms with Gasteiger partial charge in [0, 0.05) is 23.9 Å². The Kier molecular flexibility index (Phi) is 4.47. The van der Waals surface area contributed by atoms with E-state index in [1.165, 1.54) is 23.9 Å². The number of rotatable bonds is 4. The number of aromatic nitrogens is 3. The van der Waals surface area contributed by atoms with Gasteiger partial charge >= 0.3 is 0 Å². The predicted octanol–water partition coefficient (Wildman–Crippen LogP) is 3.44. The van der Waals surface area contributed by atoms with Crippen molar-refractivity contribution in [1.29, 1.82) is 0 Å². The van der Waals surface area contributed by atoms with Gasteiger partial charge in [-0.25, -0.2) is 10.4 Å². The molecule has 2 aromatic heterocycles. The van der Waals surface area contributed by atoms with Crippen molar-refractivity contribution < 1.29 is 4.92 Å². The Morgan fingerprint density at radius 1 is 1.10 bits per heavy atom. The Bertz CT molecular complexity index is 1410. The number of non-ortho nitro benzene ring substituents is 1. The number of H-pyrrole nitrogens is 1. The minimum absolute atomic E-state index is 0.00150. The van der Waals surface area contributed by atoms with Crippen molar-refractivity contribution in [2.24, 2.45) is 5.10 Å². The van der Waals surface area contributed by atoms with Gasteiger partial charge in [0.1, 0.15) is 0 Å². The molecule has 152 valence electrons. The SMILES string of the molecule is O=c1[nH]c(N/N=C/c2ccc([N+](=O)[O-])cc2)nc2ncc3c(c12)-c1ccccc1CC3. The third-order valence-electron chi connectivity index (χ3n) is 5.25. The van der Waals surface area contributed by atoms with Crippen molar-refractivity contribution >= 4 is 28.9 Å². The van der Waals surface area contributed by atoms with E-state index < -0.39 is 4.92 Å². The fourth-order valence-electron chi connectivity index (χ4n) is 3.80. The molecule has 4 aromatic rings. The Morgan fingerprint density at radius 3 is 2.68 bits per heavy atom. The van der Waals surface area contributed by atoms with Crippen LogP contribution in [0.25, 0.3) is 22.2 Å². The maximum absolute atomic E-state index is 12.9. The highest BCUT2D eigenvalue weighted by Gasteiger charge is 2.21. The van der Waals surface area contributed by atoms with Gasteiger partial charge in [0.05, 0.1) is 16.5 Å². The van der Waals surface area contributed by atoms with Crippen LogP contribution in [-0.4, -0.2) is 26.1 Å². The lowest BCUT2D eigenvalue weighted by Gasteiger charge is -2.20. The summed E-state index contributed by atoms with van der Waals surface area (Å²) in [5, 5.41) is 15.2. The number of pyridine rings is 1. The smallest absolute Gasteiger partial charge is 0.269 e. The predicted molar refractivity (Wildman–Crippen MR) is 117 cm³/mol. The molecule has 0 radical (unpaired) electrons. The van der Waals surface area contributed by atoms with Crippen LogP contribution >= 0.6 is 0 Å². The Balaban J connectivity index is 1.47. The van der Waals surface area contributed by atoms with Crippen molar-refractivity contribution in [3.8, 4) is 11.1 Å². The first-order valence-corrected chi connectivity index (χ1v) is 9.64. The number of aryl methyl sites for hydroxylation is 2. The Labute approximate surface area is 175 Å². The van der Waals surface area contributed by atoms with Crippen molar-refractivity contribution in [2.45, 2.75) is 12.8 Å². The molecule has 0 spiro atoms. The van der Waals surface area contributed by atoms with E-state index in [1.807, 2.05) is 18.2 Å². The van der Waals surface area contributed by atoms with Crippen LogP contribution in [0.5, 0.6) is 0 Å². The van der Waals surface area contributed by atoms with E-state index in [9.17, 15) is 14.9 Å². The van der Waals surface area contributed by atoms with Crippen molar-refractivity contribution in [3.63, 3.8) is 0 Å². The van der Waals surface area contributed by atoms with Crippen LogP contribution in [0.4, 0.5) is 11.6 Å². The number of hydrogen-bond acceptors (Lipinski definition) is 7. The quantitative estimate of drug-likeness (QED) is 0.300. The van der Waals surface area contributed by atoms with E-state index in [0.29, 0.717) is 16.6 Å². The zero-order chi connectivity index (χ0) is 21.4. The number of nitrogens with zero attached hydrogens (tertiary/aromatic N) is 4. The topological polar surface area (TPSA) is 126 Å². The first kappa shape index (κ1) is 18.6. The molecule has 0 fully saturated rings. The number of nitro groups is 1. The summed E-state index contributed by atoms with van der Waals surface area (Å²) < 4.78 is 0. The summed E-state index contributed by atoms with van der Waals surface area (Å²) in [5.41, 5.74) is 7.57. The van der Waals surface area contributed by atoms with E-state index in [1.54, 1.807) is 18.3 Å². The summed E-state index contributed by atoms with van der Waals surface area (Å²) in [5.74, 6) is 0.159. The third-order valence-corrected chi connectivity index (χ3v) is 5.25. The molecule has 0 saturated heterocycles. The number of hydrazone groups is 1. The van der Waals surface area contributed by atoms with Crippen LogP contribution in [0.2, 0.25) is 0 Å². The van der Waals surface area contributed by atoms with Gasteiger partial charge in [0.25, 0.3) is 11.2 Å². The van der Waals surface area contributed by atoms with Gasteiger partial charge in [0.2, 0.25) is 5.95 Å². The van der Waals surface area contributed by atoms with E-state index in [4.69, 9.17) is 0 Å². The summed E-state index contributed by atoms with van der Waals surface area (Å²) >= 11 is 0. The highest BCUT2D eigenvalue weighted by molar-refractivity contribution is 5.95. The van der Waals surface area contributed by atoms with Crippen molar-refractivity contribution in [1.82, 2.24) is 15.0 Å². The monoisotopic (exact) mass is 412 g/mol. The lowest BCUT2D eigenvalue weighted by atomic mass is 9.85. The van der Waals surface area contributed by atoms with Crippen LogP contribution in [0.1, 0.15) is 16.7 Å². The molecule has 1 aliphatic rings. The molecule has 0 aliphatic heterocycles. The van der Waals surface area contributed by atoms with Gasteiger partial charge in [-0.15, -0.1) is 0 Å². The average molecular weight is 412 g/mol. The molecule has 0 atom stereocenters. The molecule has 0 unspecified atom stereocenters. The first-order valence-electron chi connectivity index (χ1n) is 9.64. The van der Waals surface area contributed by atoms with Crippen LogP contribution in [0, 0.1) is 10.1 Å². The molecular weight excluding hydrogens is 396 g/mol. The summed E-state index contributed by atoms with van der Waals surface area (Å²) in [6, 6.07) is 14.0. The van der Waals surface area contributed by atoms with Crippen LogP contribution in [0.3, 0.4) is 0 Å². The number of anilines is 1. The highest BCUT2D eigenvalue weighted by atomic mass is 16.6. The average Bonchev–Trinajstić information content (AvgIpc) is 2.79. The molecule has 31 heavy (non-hydrogen) atoms. The van der Waals surface area contributed by atoms with Crippen LogP contribution < -0.4 is 11.0 Å². The molecule has 5 rings (SSSR count). The van der Waals surface area contributed by atoms with Crippen LogP contribution in [-0.2, 0) is 12.8 Å². The van der Waals surface area contributed by atoms with Crippen molar-refractivity contribution in [3.05, 3.63) is 91.9 Å². The zero-order valence-corrected chi connectivity index (χ0v) is 16.2. The fourth-order valence-corrected chi connectivity index (χ4v) is 3.80. The fraction of sp³-hybridized carbons (Fsp3) is 0.0909. The highest BCUT2D eigenvalue weighted by Crippen LogP contribution is 2.36. The minimum Gasteiger partial charge on any atom is -0.291 e. The van der Waals surface area contributed by atoms with Crippen LogP contribution in [0.15, 0.2) is 64.6 Å². The maximum atomic E-state index is 12.9. The molecular formula is C22H16N6O3. The molecule has 0 bridgehead atoms. The minimum atomic E-state index is -0.465. The van der Waals surface area contributed by atoms with Crippen molar-refractivity contribution in [2.75, 3.05) is 5.43 Å². The van der Waals surface area contributed by atoms with Gasteiger partial charge in [-0.1, -0.05) is 24.3 Å². The molecule has 2 heterocycles. The van der Waals surface area contributed by atoms with E-state index in [0.717, 1.165) is 29.5 Å². The molecule has 9 heteroatoms. The lowest BCUT2D eigenvalue weighted by Crippen LogP contribution is -2.16. The molecule has 1 aliphatic carbocycles. The first-order chi connectivity index (χ1) is 15.1. The summed E-state index contributed by atoms with van der Waals surface area (Å²) in [4.78, 5) is 34.7. The second-order valence-corrected chi connectivity index (χ2v) is 7.15. The standard InChI is InChI=1S/C22H16N6O3/c29-21-19-18-15(8-7-14-3-1-2-4-17(14)18)12-23-20(19)25-22(26-21)27-24-11-13-5-9-16(10-6-13)28(30)31/h1-6,9-12H,7-8H2,(H2,23,25,26,27,29)/b24-11+. The van der Waals surface area contributed by atoms with Gasteiger partial charge in [-0.2, -0.15) is 10.1 Å². The molecule has 0 saturated carbocycles. The van der Waals surface area contributed by atoms with E-state index in [-0.39, 0.29) is 17.2 Å². The molecule has 0 amide bonds. The maximum Gasteiger partial charge on any atom is 0.269 e. The number of benzene rings is 2. The molecule has 9 nitrogen and oxygen atoms in total. The van der Waals surface area contributed by atoms with Gasteiger partial charge in [-0.3, -0.25) is 19.9 Å². The van der Waals surface area contributed by atoms with Gasteiger partial charge in [-0.05, 0) is 47.2 Å². The number of aromatic amines is 1. The Hall–Kier alpha value is -4.40. The Morgan fingerprint density at radius 2 is 1.87 bits per heavy atom. The molecule has 2 N–H and O–H groups in total. The molecule has 2 aromatic carbocycles. The van der Waals surface area contributed by atoms with Gasteiger partial charge < -0.3 is 0 Å². The number of nitrogens with one attached hydrogen (secondary N) is 2. The van der Waals surface area contributed by atoms with Gasteiger partial charge in [0.15, 0.2) is 5.65 Å². The number of hydrogen-bond donors (Lipinski definition) is 2. The number of nitro benzene ring substituents is 1. The zero-order valence-electron chi connectivity index (χ0n) is 16.2. The summed E-state index contributed by atoms with van der Waals surface area (Å²) in [6.07, 6.45) is 5.00. The second kappa shape index (κ2) is 7.45. The lowest BCUT2D eigenvalue weighted by molar-refractivity contribution is -0.384.